The van der Waals surface area contributed by atoms with Gasteiger partial charge in [0.1, 0.15) is 6.29 Å². The number of benzene rings is 2. The summed E-state index contributed by atoms with van der Waals surface area (Å²) in [5.74, 6) is 0. The molecule has 3 heteroatoms. The molecule has 0 spiro atoms. The predicted octanol–water partition coefficient (Wildman–Crippen LogP) is 3.35. The summed E-state index contributed by atoms with van der Waals surface area (Å²) < 4.78 is 0. The largest absolute Gasteiger partial charge is 0.341 e. The molecule has 3 rings (SSSR count). The molecule has 90 valence electrons. The van der Waals surface area contributed by atoms with Crippen LogP contribution in [0, 0.1) is 0 Å². The zero-order valence-electron chi connectivity index (χ0n) is 10.4. The number of carbonyl (C=O) groups excluding carboxylic acids is 1. The van der Waals surface area contributed by atoms with Gasteiger partial charge >= 0.3 is 0 Å². The van der Waals surface area contributed by atoms with E-state index in [1.54, 1.807) is 0 Å². The van der Waals surface area contributed by atoms with Gasteiger partial charge in [0.2, 0.25) is 0 Å². The van der Waals surface area contributed by atoms with E-state index in [0.29, 0.717) is 5.56 Å². The predicted molar refractivity (Wildman–Crippen MR) is 74.4 cm³/mol. The van der Waals surface area contributed by atoms with Crippen LogP contribution in [-0.2, 0) is 0 Å². The van der Waals surface area contributed by atoms with Crippen molar-refractivity contribution < 1.29 is 4.79 Å². The molecule has 1 heterocycles. The Bertz CT molecular complexity index is 622. The topological polar surface area (TPSA) is 23.6 Å². The van der Waals surface area contributed by atoms with Crippen LogP contribution in [0.15, 0.2) is 42.5 Å². The molecule has 0 aromatic heterocycles. The molecule has 0 fully saturated rings. The first-order valence-electron chi connectivity index (χ1n) is 5.88. The van der Waals surface area contributed by atoms with E-state index >= 15 is 0 Å². The Kier molecular flexibility index (Phi) is 2.33. The Morgan fingerprint density at radius 1 is 0.833 bits per heavy atom. The second kappa shape index (κ2) is 3.88. The lowest BCUT2D eigenvalue weighted by Crippen LogP contribution is -2.24. The Balaban J connectivity index is 2.23. The summed E-state index contributed by atoms with van der Waals surface area (Å²) in [5.41, 5.74) is 5.19. The molecule has 0 bridgehead atoms. The summed E-state index contributed by atoms with van der Waals surface area (Å²) in [6, 6.07) is 14.0. The van der Waals surface area contributed by atoms with Crippen molar-refractivity contribution in [1.82, 2.24) is 0 Å². The van der Waals surface area contributed by atoms with Crippen molar-refractivity contribution in [3.05, 3.63) is 48.0 Å². The molecule has 2 aromatic rings. The highest BCUT2D eigenvalue weighted by Gasteiger charge is 2.23. The van der Waals surface area contributed by atoms with Crippen molar-refractivity contribution in [3.63, 3.8) is 0 Å². The van der Waals surface area contributed by atoms with Gasteiger partial charge in [0.05, 0.1) is 22.7 Å². The van der Waals surface area contributed by atoms with Crippen LogP contribution >= 0.6 is 0 Å². The minimum Gasteiger partial charge on any atom is -0.341 e. The molecule has 0 radical (unpaired) electrons. The van der Waals surface area contributed by atoms with Gasteiger partial charge in [-0.15, -0.1) is 0 Å². The van der Waals surface area contributed by atoms with Gasteiger partial charge in [-0.3, -0.25) is 4.79 Å². The number of carbonyl (C=O) groups is 1. The maximum Gasteiger partial charge on any atom is 0.150 e. The van der Waals surface area contributed by atoms with Crippen LogP contribution in [0.4, 0.5) is 22.7 Å². The summed E-state index contributed by atoms with van der Waals surface area (Å²) in [5, 5.41) is 0. The maximum atomic E-state index is 10.9. The number of para-hydroxylation sites is 2. The van der Waals surface area contributed by atoms with Crippen LogP contribution < -0.4 is 9.80 Å². The van der Waals surface area contributed by atoms with E-state index in [1.807, 2.05) is 44.4 Å². The van der Waals surface area contributed by atoms with E-state index in [-0.39, 0.29) is 0 Å². The van der Waals surface area contributed by atoms with Crippen LogP contribution in [-0.4, -0.2) is 20.4 Å². The Morgan fingerprint density at radius 3 is 2.00 bits per heavy atom. The fraction of sp³-hybridized carbons (Fsp3) is 0.133. The Hall–Kier alpha value is -2.29. The second-order valence-electron chi connectivity index (χ2n) is 4.47. The molecule has 1 aliphatic heterocycles. The van der Waals surface area contributed by atoms with Crippen LogP contribution in [0.3, 0.4) is 0 Å². The number of aldehydes is 1. The Labute approximate surface area is 106 Å². The highest BCUT2D eigenvalue weighted by molar-refractivity contribution is 5.94. The minimum atomic E-state index is 0.702. The van der Waals surface area contributed by atoms with Gasteiger partial charge < -0.3 is 9.80 Å². The van der Waals surface area contributed by atoms with Crippen LogP contribution in [0.2, 0.25) is 0 Å². The molecule has 0 saturated heterocycles. The molecule has 0 atom stereocenters. The van der Waals surface area contributed by atoms with Gasteiger partial charge in [-0.25, -0.2) is 0 Å². The highest BCUT2D eigenvalue weighted by atomic mass is 16.1. The second-order valence-corrected chi connectivity index (χ2v) is 4.47. The molecule has 0 N–H and O–H groups in total. The fourth-order valence-corrected chi connectivity index (χ4v) is 2.46. The molecule has 2 aromatic carbocycles. The van der Waals surface area contributed by atoms with Gasteiger partial charge in [0.25, 0.3) is 0 Å². The number of anilines is 4. The smallest absolute Gasteiger partial charge is 0.150 e. The van der Waals surface area contributed by atoms with E-state index in [1.165, 1.54) is 5.69 Å². The molecule has 0 amide bonds. The van der Waals surface area contributed by atoms with Crippen molar-refractivity contribution in [2.24, 2.45) is 0 Å². The van der Waals surface area contributed by atoms with E-state index in [0.717, 1.165) is 23.3 Å². The molecule has 0 saturated carbocycles. The molecule has 3 nitrogen and oxygen atoms in total. The molecule has 1 aliphatic rings. The quantitative estimate of drug-likeness (QED) is 0.712. The lowest BCUT2D eigenvalue weighted by molar-refractivity contribution is 0.112. The third-order valence-corrected chi connectivity index (χ3v) is 3.46. The van der Waals surface area contributed by atoms with E-state index in [2.05, 4.69) is 21.9 Å². The van der Waals surface area contributed by atoms with Crippen molar-refractivity contribution in [3.8, 4) is 0 Å². The molecule has 0 aliphatic carbocycles. The number of nitrogens with zero attached hydrogens (tertiary/aromatic N) is 2. The first kappa shape index (κ1) is 10.8. The summed E-state index contributed by atoms with van der Waals surface area (Å²) >= 11 is 0. The maximum absolute atomic E-state index is 10.9. The minimum absolute atomic E-state index is 0.702. The number of rotatable bonds is 1. The first-order chi connectivity index (χ1) is 8.72. The summed E-state index contributed by atoms with van der Waals surface area (Å²) in [7, 11) is 4.07. The highest BCUT2D eigenvalue weighted by Crippen LogP contribution is 2.45. The van der Waals surface area contributed by atoms with Gasteiger partial charge in [0, 0.05) is 19.7 Å². The SMILES string of the molecule is CN1c2ccccc2N(C)c2cc(C=O)ccc21. The third-order valence-electron chi connectivity index (χ3n) is 3.46. The number of fused-ring (bicyclic) bond motifs is 2. The van der Waals surface area contributed by atoms with E-state index in [9.17, 15) is 4.79 Å². The lowest BCUT2D eigenvalue weighted by Gasteiger charge is -2.36. The van der Waals surface area contributed by atoms with Crippen molar-refractivity contribution in [1.29, 1.82) is 0 Å². The van der Waals surface area contributed by atoms with E-state index in [4.69, 9.17) is 0 Å². The molecular weight excluding hydrogens is 224 g/mol. The van der Waals surface area contributed by atoms with Gasteiger partial charge in [-0.1, -0.05) is 12.1 Å². The zero-order chi connectivity index (χ0) is 12.7. The van der Waals surface area contributed by atoms with Gasteiger partial charge in [0.15, 0.2) is 0 Å². The normalized spacial score (nSPS) is 13.0. The summed E-state index contributed by atoms with van der Waals surface area (Å²) in [6.07, 6.45) is 0.884. The summed E-state index contributed by atoms with van der Waals surface area (Å²) in [4.78, 5) is 15.2. The van der Waals surface area contributed by atoms with Gasteiger partial charge in [-0.05, 0) is 30.3 Å². The fourth-order valence-electron chi connectivity index (χ4n) is 2.46. The van der Waals surface area contributed by atoms with Gasteiger partial charge in [-0.2, -0.15) is 0 Å². The average molecular weight is 238 g/mol. The average Bonchev–Trinajstić information content (AvgIpc) is 2.44. The molecule has 18 heavy (non-hydrogen) atoms. The lowest BCUT2D eigenvalue weighted by atomic mass is 10.1. The van der Waals surface area contributed by atoms with Crippen molar-refractivity contribution in [2.75, 3.05) is 23.9 Å². The summed E-state index contributed by atoms with van der Waals surface area (Å²) in [6.45, 7) is 0. The number of hydrogen-bond acceptors (Lipinski definition) is 3. The van der Waals surface area contributed by atoms with Crippen LogP contribution in [0.1, 0.15) is 10.4 Å². The van der Waals surface area contributed by atoms with Crippen LogP contribution in [0.25, 0.3) is 0 Å². The van der Waals surface area contributed by atoms with Crippen molar-refractivity contribution >= 4 is 29.0 Å². The van der Waals surface area contributed by atoms with E-state index < -0.39 is 0 Å². The van der Waals surface area contributed by atoms with Crippen molar-refractivity contribution in [2.45, 2.75) is 0 Å². The molecule has 0 unspecified atom stereocenters. The monoisotopic (exact) mass is 238 g/mol. The Morgan fingerprint density at radius 2 is 1.39 bits per heavy atom. The zero-order valence-corrected chi connectivity index (χ0v) is 10.4. The molecular formula is C15H14N2O. The standard InChI is InChI=1S/C15H14N2O/c1-16-12-5-3-4-6-13(12)17(2)15-9-11(10-18)7-8-14(15)16/h3-10H,1-2H3. The third kappa shape index (κ3) is 1.40. The number of hydrogen-bond donors (Lipinski definition) is 0. The van der Waals surface area contributed by atoms with Crippen LogP contribution in [0.5, 0.6) is 0 Å². The first-order valence-corrected chi connectivity index (χ1v) is 5.88.